The lowest BCUT2D eigenvalue weighted by Gasteiger charge is -2.13. The molecule has 0 saturated heterocycles. The number of rotatable bonds is 7. The molecule has 6 heteroatoms. The van der Waals surface area contributed by atoms with Crippen LogP contribution in [0.4, 0.5) is 0 Å². The smallest absolute Gasteiger partial charge is 0.191 e. The minimum atomic E-state index is 0.130. The number of pyridine rings is 1. The second-order valence-electron chi connectivity index (χ2n) is 7.02. The maximum atomic E-state index is 12.9. The van der Waals surface area contributed by atoms with Crippen molar-refractivity contribution < 1.29 is 4.79 Å². The first-order valence-electron chi connectivity index (χ1n) is 9.51. The zero-order valence-corrected chi connectivity index (χ0v) is 17.9. The van der Waals surface area contributed by atoms with E-state index in [1.165, 1.54) is 22.9 Å². The third kappa shape index (κ3) is 4.02. The summed E-state index contributed by atoms with van der Waals surface area (Å²) in [6, 6.07) is 5.87. The van der Waals surface area contributed by atoms with Gasteiger partial charge >= 0.3 is 0 Å². The van der Waals surface area contributed by atoms with Crippen molar-refractivity contribution in [3.63, 3.8) is 0 Å². The first kappa shape index (κ1) is 20.3. The van der Waals surface area contributed by atoms with E-state index >= 15 is 0 Å². The van der Waals surface area contributed by atoms with Crippen LogP contribution < -0.4 is 0 Å². The second kappa shape index (κ2) is 8.69. The fourth-order valence-electron chi connectivity index (χ4n) is 3.24. The van der Waals surface area contributed by atoms with Gasteiger partial charge in [-0.2, -0.15) is 0 Å². The van der Waals surface area contributed by atoms with Gasteiger partial charge in [0.25, 0.3) is 0 Å². The van der Waals surface area contributed by atoms with Crippen molar-refractivity contribution in [3.8, 4) is 11.4 Å². The Morgan fingerprint density at radius 2 is 1.75 bits per heavy atom. The summed E-state index contributed by atoms with van der Waals surface area (Å²) in [6.45, 7) is 11.2. The van der Waals surface area contributed by atoms with E-state index in [9.17, 15) is 4.79 Å². The van der Waals surface area contributed by atoms with Gasteiger partial charge in [0, 0.05) is 30.1 Å². The SMILES string of the molecule is CCCn1c(SCC(=O)c2cc(C)c(C)c(C)c2C)nnc1-c1ccncc1. The molecule has 28 heavy (non-hydrogen) atoms. The highest BCUT2D eigenvalue weighted by atomic mass is 32.2. The number of Topliss-reactive ketones (excluding diaryl/α,β-unsaturated/α-hetero) is 1. The van der Waals surface area contributed by atoms with Gasteiger partial charge in [-0.15, -0.1) is 10.2 Å². The van der Waals surface area contributed by atoms with E-state index in [4.69, 9.17) is 0 Å². The van der Waals surface area contributed by atoms with Crippen LogP contribution in [0.1, 0.15) is 46.0 Å². The molecule has 0 unspecified atom stereocenters. The zero-order chi connectivity index (χ0) is 20.3. The molecular weight excluding hydrogens is 368 g/mol. The first-order valence-corrected chi connectivity index (χ1v) is 10.5. The van der Waals surface area contributed by atoms with E-state index < -0.39 is 0 Å². The first-order chi connectivity index (χ1) is 13.4. The van der Waals surface area contributed by atoms with Crippen LogP contribution in [-0.4, -0.2) is 31.3 Å². The maximum Gasteiger partial charge on any atom is 0.191 e. The highest BCUT2D eigenvalue weighted by Crippen LogP contribution is 2.27. The molecule has 0 saturated carbocycles. The Kier molecular flexibility index (Phi) is 6.29. The summed E-state index contributed by atoms with van der Waals surface area (Å²) in [5, 5.41) is 9.50. The number of hydrogen-bond donors (Lipinski definition) is 0. The van der Waals surface area contributed by atoms with Gasteiger partial charge in [-0.05, 0) is 74.6 Å². The molecule has 2 heterocycles. The Morgan fingerprint density at radius 3 is 2.43 bits per heavy atom. The summed E-state index contributed by atoms with van der Waals surface area (Å²) in [6.07, 6.45) is 4.47. The molecule has 0 aliphatic carbocycles. The van der Waals surface area contributed by atoms with E-state index in [2.05, 4.69) is 47.4 Å². The van der Waals surface area contributed by atoms with Crippen LogP contribution in [0.25, 0.3) is 11.4 Å². The molecule has 0 atom stereocenters. The Labute approximate surface area is 170 Å². The second-order valence-corrected chi connectivity index (χ2v) is 7.96. The molecule has 5 nitrogen and oxygen atoms in total. The molecule has 1 aromatic carbocycles. The van der Waals surface area contributed by atoms with Crippen molar-refractivity contribution in [1.82, 2.24) is 19.7 Å². The van der Waals surface area contributed by atoms with Gasteiger partial charge in [0.1, 0.15) is 0 Å². The van der Waals surface area contributed by atoms with Gasteiger partial charge in [-0.25, -0.2) is 0 Å². The van der Waals surface area contributed by atoms with Crippen molar-refractivity contribution in [3.05, 3.63) is 58.4 Å². The largest absolute Gasteiger partial charge is 0.302 e. The van der Waals surface area contributed by atoms with Crippen LogP contribution in [0.5, 0.6) is 0 Å². The molecule has 3 aromatic rings. The highest BCUT2D eigenvalue weighted by Gasteiger charge is 2.18. The Balaban J connectivity index is 1.84. The molecular formula is C22H26N4OS. The molecule has 0 aliphatic rings. The molecule has 0 bridgehead atoms. The van der Waals surface area contributed by atoms with Gasteiger partial charge in [0.15, 0.2) is 16.8 Å². The number of carbonyl (C=O) groups is 1. The molecule has 0 spiro atoms. The summed E-state index contributed by atoms with van der Waals surface area (Å²) in [5.74, 6) is 1.30. The Morgan fingerprint density at radius 1 is 1.04 bits per heavy atom. The highest BCUT2D eigenvalue weighted by molar-refractivity contribution is 7.99. The van der Waals surface area contributed by atoms with E-state index in [0.717, 1.165) is 46.2 Å². The van der Waals surface area contributed by atoms with E-state index in [0.29, 0.717) is 5.75 Å². The van der Waals surface area contributed by atoms with Gasteiger partial charge < -0.3 is 4.57 Å². The maximum absolute atomic E-state index is 12.9. The molecule has 0 fully saturated rings. The van der Waals surface area contributed by atoms with Crippen LogP contribution >= 0.6 is 11.8 Å². The fourth-order valence-corrected chi connectivity index (χ4v) is 4.09. The lowest BCUT2D eigenvalue weighted by Crippen LogP contribution is -2.09. The molecule has 3 rings (SSSR count). The third-order valence-electron chi connectivity index (χ3n) is 5.22. The predicted octanol–water partition coefficient (Wildman–Crippen LogP) is 4.96. The number of nitrogens with zero attached hydrogens (tertiary/aromatic N) is 4. The zero-order valence-electron chi connectivity index (χ0n) is 17.1. The van der Waals surface area contributed by atoms with Crippen molar-refractivity contribution in [2.75, 3.05) is 5.75 Å². The number of carbonyl (C=O) groups excluding carboxylic acids is 1. The van der Waals surface area contributed by atoms with Crippen LogP contribution in [0, 0.1) is 27.7 Å². The lowest BCUT2D eigenvalue weighted by molar-refractivity contribution is 0.102. The quantitative estimate of drug-likeness (QED) is 0.419. The molecule has 0 N–H and O–H groups in total. The average molecular weight is 395 g/mol. The van der Waals surface area contributed by atoms with Gasteiger partial charge in [0.2, 0.25) is 0 Å². The van der Waals surface area contributed by atoms with Crippen molar-refractivity contribution in [1.29, 1.82) is 0 Å². The standard InChI is InChI=1S/C22H26N4OS/c1-6-11-26-21(18-7-9-23-10-8-18)24-25-22(26)28-13-20(27)19-12-14(2)15(3)16(4)17(19)5/h7-10,12H,6,11,13H2,1-5H3. The number of ketones is 1. The fraction of sp³-hybridized carbons (Fsp3) is 0.364. The molecule has 146 valence electrons. The van der Waals surface area contributed by atoms with E-state index in [1.54, 1.807) is 12.4 Å². The molecule has 0 radical (unpaired) electrons. The van der Waals surface area contributed by atoms with Crippen molar-refractivity contribution >= 4 is 17.5 Å². The summed E-state index contributed by atoms with van der Waals surface area (Å²) in [4.78, 5) is 17.0. The summed E-state index contributed by atoms with van der Waals surface area (Å²) in [7, 11) is 0. The monoisotopic (exact) mass is 394 g/mol. The van der Waals surface area contributed by atoms with E-state index in [1.807, 2.05) is 25.1 Å². The topological polar surface area (TPSA) is 60.7 Å². The predicted molar refractivity (Wildman–Crippen MR) is 114 cm³/mol. The summed E-state index contributed by atoms with van der Waals surface area (Å²) < 4.78 is 2.09. The van der Waals surface area contributed by atoms with Crippen molar-refractivity contribution in [2.45, 2.75) is 52.7 Å². The third-order valence-corrected chi connectivity index (χ3v) is 6.18. The minimum absolute atomic E-state index is 0.130. The van der Waals surface area contributed by atoms with Crippen LogP contribution in [0.2, 0.25) is 0 Å². The summed E-state index contributed by atoms with van der Waals surface area (Å²) in [5.41, 5.74) is 6.47. The molecule has 2 aromatic heterocycles. The number of aromatic nitrogens is 4. The van der Waals surface area contributed by atoms with Crippen LogP contribution in [0.15, 0.2) is 35.7 Å². The van der Waals surface area contributed by atoms with Crippen LogP contribution in [-0.2, 0) is 6.54 Å². The summed E-state index contributed by atoms with van der Waals surface area (Å²) >= 11 is 1.45. The number of benzene rings is 1. The van der Waals surface area contributed by atoms with Crippen molar-refractivity contribution in [2.24, 2.45) is 0 Å². The lowest BCUT2D eigenvalue weighted by atomic mass is 9.93. The van der Waals surface area contributed by atoms with Gasteiger partial charge in [0.05, 0.1) is 5.75 Å². The average Bonchev–Trinajstić information content (AvgIpc) is 3.11. The molecule has 0 amide bonds. The normalized spacial score (nSPS) is 11.0. The van der Waals surface area contributed by atoms with Gasteiger partial charge in [-0.3, -0.25) is 9.78 Å². The molecule has 0 aliphatic heterocycles. The number of hydrogen-bond acceptors (Lipinski definition) is 5. The Bertz CT molecular complexity index is 996. The van der Waals surface area contributed by atoms with Crippen LogP contribution in [0.3, 0.4) is 0 Å². The number of aryl methyl sites for hydroxylation is 1. The minimum Gasteiger partial charge on any atom is -0.302 e. The van der Waals surface area contributed by atoms with E-state index in [-0.39, 0.29) is 5.78 Å². The Hall–Kier alpha value is -2.47. The number of thioether (sulfide) groups is 1. The van der Waals surface area contributed by atoms with Gasteiger partial charge in [-0.1, -0.05) is 18.7 Å².